The SMILES string of the molecule is Cc1ccc(S(=O)(=O)Nc2ccc(NC(=O)CCC(=O)c3cc(C)sc3C)cc2)cc1. The number of hydrogen-bond acceptors (Lipinski definition) is 5. The van der Waals surface area contributed by atoms with Crippen LogP contribution in [-0.4, -0.2) is 20.1 Å². The summed E-state index contributed by atoms with van der Waals surface area (Å²) in [5, 5.41) is 2.73. The molecule has 2 aromatic carbocycles. The molecule has 0 fully saturated rings. The second-order valence-corrected chi connectivity index (χ2v) is 10.4. The average Bonchev–Trinajstić information content (AvgIpc) is 3.06. The summed E-state index contributed by atoms with van der Waals surface area (Å²) < 4.78 is 27.4. The number of hydrogen-bond donors (Lipinski definition) is 2. The van der Waals surface area contributed by atoms with Crippen molar-refractivity contribution in [2.45, 2.75) is 38.5 Å². The summed E-state index contributed by atoms with van der Waals surface area (Å²) in [5.74, 6) is -0.316. The Morgan fingerprint density at radius 1 is 0.871 bits per heavy atom. The third kappa shape index (κ3) is 6.02. The van der Waals surface area contributed by atoms with Crippen molar-refractivity contribution < 1.29 is 18.0 Å². The molecule has 0 radical (unpaired) electrons. The molecule has 0 aliphatic heterocycles. The van der Waals surface area contributed by atoms with Gasteiger partial charge < -0.3 is 5.32 Å². The van der Waals surface area contributed by atoms with Gasteiger partial charge >= 0.3 is 0 Å². The van der Waals surface area contributed by atoms with Crippen molar-refractivity contribution in [3.05, 3.63) is 75.5 Å². The summed E-state index contributed by atoms with van der Waals surface area (Å²) in [6.07, 6.45) is 0.215. The van der Waals surface area contributed by atoms with Gasteiger partial charge in [-0.25, -0.2) is 8.42 Å². The van der Waals surface area contributed by atoms with Crippen molar-refractivity contribution in [3.8, 4) is 0 Å². The maximum atomic E-state index is 12.5. The van der Waals surface area contributed by atoms with Gasteiger partial charge in [-0.05, 0) is 63.2 Å². The second-order valence-electron chi connectivity index (χ2n) is 7.29. The number of rotatable bonds is 8. The third-order valence-corrected chi connectivity index (χ3v) is 7.04. The highest BCUT2D eigenvalue weighted by Gasteiger charge is 2.15. The normalized spacial score (nSPS) is 11.2. The first-order chi connectivity index (χ1) is 14.6. The fourth-order valence-electron chi connectivity index (χ4n) is 3.05. The first-order valence-electron chi connectivity index (χ1n) is 9.74. The van der Waals surface area contributed by atoms with Gasteiger partial charge in [-0.3, -0.25) is 14.3 Å². The van der Waals surface area contributed by atoms with Gasteiger partial charge in [-0.15, -0.1) is 11.3 Å². The summed E-state index contributed by atoms with van der Waals surface area (Å²) in [4.78, 5) is 26.7. The lowest BCUT2D eigenvalue weighted by atomic mass is 10.1. The number of sulfonamides is 1. The molecule has 3 rings (SSSR count). The van der Waals surface area contributed by atoms with E-state index in [9.17, 15) is 18.0 Å². The lowest BCUT2D eigenvalue weighted by Crippen LogP contribution is -2.14. The van der Waals surface area contributed by atoms with Gasteiger partial charge in [-0.1, -0.05) is 17.7 Å². The molecule has 2 N–H and O–H groups in total. The number of nitrogens with one attached hydrogen (secondary N) is 2. The Hall–Kier alpha value is -2.97. The number of anilines is 2. The summed E-state index contributed by atoms with van der Waals surface area (Å²) in [6.45, 7) is 5.74. The predicted molar refractivity (Wildman–Crippen MR) is 124 cm³/mol. The molecule has 0 saturated carbocycles. The Kier molecular flexibility index (Phi) is 6.92. The van der Waals surface area contributed by atoms with E-state index in [0.29, 0.717) is 16.9 Å². The molecule has 1 heterocycles. The van der Waals surface area contributed by atoms with Crippen LogP contribution in [0.5, 0.6) is 0 Å². The van der Waals surface area contributed by atoms with Crippen LogP contribution in [0.1, 0.15) is 38.5 Å². The lowest BCUT2D eigenvalue weighted by Gasteiger charge is -2.10. The number of thiophene rings is 1. The Morgan fingerprint density at radius 2 is 1.48 bits per heavy atom. The molecule has 162 valence electrons. The molecule has 8 heteroatoms. The van der Waals surface area contributed by atoms with Crippen LogP contribution in [0.15, 0.2) is 59.5 Å². The fourth-order valence-corrected chi connectivity index (χ4v) is 5.05. The second kappa shape index (κ2) is 9.45. The molecular weight excluding hydrogens is 432 g/mol. The van der Waals surface area contributed by atoms with Gasteiger partial charge in [-0.2, -0.15) is 0 Å². The maximum absolute atomic E-state index is 12.5. The Bertz CT molecular complexity index is 1200. The van der Waals surface area contributed by atoms with E-state index in [2.05, 4.69) is 10.0 Å². The number of Topliss-reactive ketones (excluding diaryl/α,β-unsaturated/α-hetero) is 1. The molecule has 0 aliphatic rings. The Balaban J connectivity index is 1.55. The minimum absolute atomic E-state index is 0.0436. The molecule has 0 aliphatic carbocycles. The van der Waals surface area contributed by atoms with E-state index in [4.69, 9.17) is 0 Å². The highest BCUT2D eigenvalue weighted by atomic mass is 32.2. The quantitative estimate of drug-likeness (QED) is 0.463. The number of benzene rings is 2. The van der Waals surface area contributed by atoms with Gasteiger partial charge in [0.25, 0.3) is 10.0 Å². The van der Waals surface area contributed by atoms with Crippen LogP contribution in [0.25, 0.3) is 0 Å². The van der Waals surface area contributed by atoms with Gasteiger partial charge in [0.05, 0.1) is 4.90 Å². The average molecular weight is 457 g/mol. The molecule has 3 aromatic rings. The minimum Gasteiger partial charge on any atom is -0.326 e. The fraction of sp³-hybridized carbons (Fsp3) is 0.217. The topological polar surface area (TPSA) is 92.3 Å². The van der Waals surface area contributed by atoms with Crippen molar-refractivity contribution in [3.63, 3.8) is 0 Å². The van der Waals surface area contributed by atoms with Crippen molar-refractivity contribution in [2.24, 2.45) is 0 Å². The van der Waals surface area contributed by atoms with Gasteiger partial charge in [0, 0.05) is 39.5 Å². The summed E-state index contributed by atoms with van der Waals surface area (Å²) >= 11 is 1.57. The van der Waals surface area contributed by atoms with E-state index in [-0.39, 0.29) is 29.4 Å². The zero-order chi connectivity index (χ0) is 22.6. The Morgan fingerprint density at radius 3 is 2.06 bits per heavy atom. The molecule has 0 atom stereocenters. The zero-order valence-electron chi connectivity index (χ0n) is 17.6. The number of aryl methyl sites for hydroxylation is 3. The van der Waals surface area contributed by atoms with Gasteiger partial charge in [0.1, 0.15) is 0 Å². The van der Waals surface area contributed by atoms with Crippen molar-refractivity contribution in [2.75, 3.05) is 10.0 Å². The van der Waals surface area contributed by atoms with E-state index in [1.54, 1.807) is 59.9 Å². The van der Waals surface area contributed by atoms with E-state index < -0.39 is 10.0 Å². The first-order valence-corrected chi connectivity index (χ1v) is 12.0. The van der Waals surface area contributed by atoms with Crippen LogP contribution in [0, 0.1) is 20.8 Å². The van der Waals surface area contributed by atoms with E-state index >= 15 is 0 Å². The van der Waals surface area contributed by atoms with E-state index in [1.165, 1.54) is 0 Å². The summed E-state index contributed by atoms with van der Waals surface area (Å²) in [6, 6.07) is 14.8. The third-order valence-electron chi connectivity index (χ3n) is 4.67. The molecule has 31 heavy (non-hydrogen) atoms. The van der Waals surface area contributed by atoms with E-state index in [1.807, 2.05) is 26.8 Å². The summed E-state index contributed by atoms with van der Waals surface area (Å²) in [7, 11) is -3.69. The largest absolute Gasteiger partial charge is 0.326 e. The number of amides is 1. The lowest BCUT2D eigenvalue weighted by molar-refractivity contribution is -0.116. The van der Waals surface area contributed by atoms with Crippen LogP contribution in [0.3, 0.4) is 0 Å². The molecule has 1 aromatic heterocycles. The minimum atomic E-state index is -3.69. The molecule has 6 nitrogen and oxygen atoms in total. The van der Waals surface area contributed by atoms with Gasteiger partial charge in [0.15, 0.2) is 5.78 Å². The van der Waals surface area contributed by atoms with Crippen molar-refractivity contribution >= 4 is 44.4 Å². The van der Waals surface area contributed by atoms with E-state index in [0.717, 1.165) is 15.3 Å². The predicted octanol–water partition coefficient (Wildman–Crippen LogP) is 5.08. The molecule has 0 unspecified atom stereocenters. The van der Waals surface area contributed by atoms with Crippen molar-refractivity contribution in [1.29, 1.82) is 0 Å². The smallest absolute Gasteiger partial charge is 0.261 e. The molecule has 0 bridgehead atoms. The van der Waals surface area contributed by atoms with Crippen LogP contribution in [-0.2, 0) is 14.8 Å². The molecule has 0 spiro atoms. The van der Waals surface area contributed by atoms with Gasteiger partial charge in [0.2, 0.25) is 5.91 Å². The number of carbonyl (C=O) groups is 2. The maximum Gasteiger partial charge on any atom is 0.261 e. The molecule has 1 amide bonds. The monoisotopic (exact) mass is 456 g/mol. The highest BCUT2D eigenvalue weighted by Crippen LogP contribution is 2.23. The van der Waals surface area contributed by atoms with Crippen LogP contribution < -0.4 is 10.0 Å². The molecule has 0 saturated heterocycles. The van der Waals surface area contributed by atoms with Crippen molar-refractivity contribution in [1.82, 2.24) is 0 Å². The van der Waals surface area contributed by atoms with Crippen LogP contribution >= 0.6 is 11.3 Å². The standard InChI is InChI=1S/C23H24N2O4S2/c1-15-4-10-20(11-5-15)31(28,29)25-19-8-6-18(7-9-19)24-23(27)13-12-22(26)21-14-16(2)30-17(21)3/h4-11,14,25H,12-13H2,1-3H3,(H,24,27). The number of carbonyl (C=O) groups excluding carboxylic acids is 2. The number of ketones is 1. The first kappa shape index (κ1) is 22.7. The molecular formula is C23H24N2O4S2. The summed E-state index contributed by atoms with van der Waals surface area (Å²) in [5.41, 5.74) is 2.57. The Labute approximate surface area is 186 Å². The highest BCUT2D eigenvalue weighted by molar-refractivity contribution is 7.92. The van der Waals surface area contributed by atoms with Crippen LogP contribution in [0.2, 0.25) is 0 Å². The van der Waals surface area contributed by atoms with Crippen LogP contribution in [0.4, 0.5) is 11.4 Å². The zero-order valence-corrected chi connectivity index (χ0v) is 19.2.